The van der Waals surface area contributed by atoms with E-state index >= 15 is 0 Å². The Labute approximate surface area is 226 Å². The Hall–Kier alpha value is -1.77. The van der Waals surface area contributed by atoms with Gasteiger partial charge in [0, 0.05) is 18.3 Å². The lowest BCUT2D eigenvalue weighted by atomic mass is 9.44. The summed E-state index contributed by atoms with van der Waals surface area (Å²) in [4.78, 5) is 24.6. The van der Waals surface area contributed by atoms with Gasteiger partial charge in [-0.15, -0.1) is 0 Å². The van der Waals surface area contributed by atoms with Gasteiger partial charge in [-0.25, -0.2) is 0 Å². The van der Waals surface area contributed by atoms with E-state index in [1.165, 1.54) is 6.92 Å². The average molecular weight is 547 g/mol. The van der Waals surface area contributed by atoms with Gasteiger partial charge in [0.15, 0.2) is 0 Å². The van der Waals surface area contributed by atoms with E-state index in [4.69, 9.17) is 8.92 Å². The minimum Gasteiger partial charge on any atom is -0.463 e. The number of aliphatic hydroxyl groups is 1. The number of aryl methyl sites for hydroxylation is 1. The third kappa shape index (κ3) is 4.44. The van der Waals surface area contributed by atoms with Gasteiger partial charge in [0.2, 0.25) is 0 Å². The zero-order valence-corrected chi connectivity index (χ0v) is 24.0. The van der Waals surface area contributed by atoms with Gasteiger partial charge in [0.25, 0.3) is 10.1 Å². The van der Waals surface area contributed by atoms with Crippen LogP contribution in [0.15, 0.2) is 29.2 Å². The number of benzene rings is 1. The Morgan fingerprint density at radius 1 is 1.00 bits per heavy atom. The summed E-state index contributed by atoms with van der Waals surface area (Å²) in [5, 5.41) is 11.7. The molecule has 210 valence electrons. The van der Waals surface area contributed by atoms with Crippen molar-refractivity contribution in [2.45, 2.75) is 103 Å². The number of aliphatic hydroxyl groups excluding tert-OH is 1. The van der Waals surface area contributed by atoms with Crippen LogP contribution in [0.25, 0.3) is 0 Å². The van der Waals surface area contributed by atoms with E-state index in [1.54, 1.807) is 31.2 Å². The van der Waals surface area contributed by atoms with Crippen LogP contribution in [0.3, 0.4) is 0 Å². The Morgan fingerprint density at radius 3 is 2.32 bits per heavy atom. The quantitative estimate of drug-likeness (QED) is 0.416. The molecule has 0 radical (unpaired) electrons. The Balaban J connectivity index is 1.48. The molecular weight excluding hydrogens is 504 g/mol. The molecule has 0 aliphatic heterocycles. The van der Waals surface area contributed by atoms with E-state index in [9.17, 15) is 23.1 Å². The van der Waals surface area contributed by atoms with Crippen LogP contribution >= 0.6 is 0 Å². The van der Waals surface area contributed by atoms with Crippen molar-refractivity contribution in [3.8, 4) is 0 Å². The van der Waals surface area contributed by atoms with Crippen molar-refractivity contribution < 1.29 is 32.0 Å². The fourth-order valence-electron chi connectivity index (χ4n) is 9.19. The molecule has 10 atom stereocenters. The molecule has 0 unspecified atom stereocenters. The number of ether oxygens (including phenoxy) is 1. The van der Waals surface area contributed by atoms with E-state index in [1.807, 2.05) is 13.8 Å². The van der Waals surface area contributed by atoms with Crippen molar-refractivity contribution in [2.75, 3.05) is 0 Å². The van der Waals surface area contributed by atoms with E-state index in [0.717, 1.165) is 37.7 Å². The molecule has 38 heavy (non-hydrogen) atoms. The molecule has 4 fully saturated rings. The number of hydrogen-bond acceptors (Lipinski definition) is 7. The molecular formula is C30H42O7S. The lowest BCUT2D eigenvalue weighted by Gasteiger charge is -2.62. The summed E-state index contributed by atoms with van der Waals surface area (Å²) in [6, 6.07) is 6.63. The maximum atomic E-state index is 13.4. The molecule has 1 aromatic carbocycles. The molecule has 0 spiro atoms. The van der Waals surface area contributed by atoms with Gasteiger partial charge in [-0.2, -0.15) is 8.42 Å². The standard InChI is InChI=1S/C30H42O7S/c1-17-6-9-22(10-7-17)38(34,35)37-26-15-24(18(2)31)30(5)27(33)16-25-23(28(26)30)11-8-20-14-21(36-19(3)32)12-13-29(20,25)4/h6-7,9-10,20-21,23-28,33H,8,11-16H2,1-5H3/t20-,21+,23-,24-,25+,26+,27-,28-,29+,30+/m1/s1. The van der Waals surface area contributed by atoms with Crippen LogP contribution in [-0.4, -0.2) is 43.6 Å². The highest BCUT2D eigenvalue weighted by Crippen LogP contribution is 2.68. The van der Waals surface area contributed by atoms with Gasteiger partial charge < -0.3 is 9.84 Å². The molecule has 4 aliphatic rings. The van der Waals surface area contributed by atoms with Gasteiger partial charge in [-0.1, -0.05) is 31.5 Å². The van der Waals surface area contributed by atoms with Crippen LogP contribution in [0.4, 0.5) is 0 Å². The van der Waals surface area contributed by atoms with Crippen molar-refractivity contribution in [1.29, 1.82) is 0 Å². The molecule has 0 aromatic heterocycles. The highest BCUT2D eigenvalue weighted by atomic mass is 32.2. The maximum absolute atomic E-state index is 13.4. The number of carbonyl (C=O) groups is 2. The van der Waals surface area contributed by atoms with Crippen LogP contribution in [-0.2, 0) is 28.6 Å². The normalized spacial score (nSPS) is 42.5. The molecule has 8 heteroatoms. The molecule has 0 saturated heterocycles. The molecule has 1 N–H and O–H groups in total. The lowest BCUT2D eigenvalue weighted by Crippen LogP contribution is -2.60. The highest BCUT2D eigenvalue weighted by Gasteiger charge is 2.67. The first kappa shape index (κ1) is 27.8. The predicted octanol–water partition coefficient (Wildman–Crippen LogP) is 4.83. The summed E-state index contributed by atoms with van der Waals surface area (Å²) < 4.78 is 38.4. The molecule has 1 aromatic rings. The molecule has 7 nitrogen and oxygen atoms in total. The second kappa shape index (κ2) is 9.70. The lowest BCUT2D eigenvalue weighted by molar-refractivity contribution is -0.186. The fourth-order valence-corrected chi connectivity index (χ4v) is 10.3. The fraction of sp³-hybridized carbons (Fsp3) is 0.733. The molecule has 0 amide bonds. The number of carbonyl (C=O) groups excluding carboxylic acids is 2. The van der Waals surface area contributed by atoms with Crippen molar-refractivity contribution in [3.05, 3.63) is 29.8 Å². The maximum Gasteiger partial charge on any atom is 0.302 e. The number of esters is 1. The number of rotatable bonds is 5. The topological polar surface area (TPSA) is 107 Å². The Bertz CT molecular complexity index is 1190. The second-order valence-corrected chi connectivity index (χ2v) is 14.6. The largest absolute Gasteiger partial charge is 0.463 e. The van der Waals surface area contributed by atoms with Gasteiger partial charge in [-0.05, 0) is 100 Å². The van der Waals surface area contributed by atoms with E-state index in [0.29, 0.717) is 18.8 Å². The third-order valence-corrected chi connectivity index (χ3v) is 12.4. The molecule has 0 heterocycles. The van der Waals surface area contributed by atoms with Crippen molar-refractivity contribution in [3.63, 3.8) is 0 Å². The van der Waals surface area contributed by atoms with Crippen LogP contribution in [0.5, 0.6) is 0 Å². The summed E-state index contributed by atoms with van der Waals surface area (Å²) in [7, 11) is -4.04. The molecule has 4 aliphatic carbocycles. The molecule has 5 rings (SSSR count). The second-order valence-electron chi connectivity index (χ2n) is 13.0. The Morgan fingerprint density at radius 2 is 1.68 bits per heavy atom. The van der Waals surface area contributed by atoms with E-state index in [2.05, 4.69) is 6.92 Å². The van der Waals surface area contributed by atoms with E-state index in [-0.39, 0.29) is 45.9 Å². The number of fused-ring (bicyclic) bond motifs is 5. The molecule has 4 saturated carbocycles. The van der Waals surface area contributed by atoms with Gasteiger partial charge in [-0.3, -0.25) is 13.8 Å². The summed E-state index contributed by atoms with van der Waals surface area (Å²) in [5.41, 5.74) is 0.176. The van der Waals surface area contributed by atoms with E-state index < -0.39 is 33.7 Å². The van der Waals surface area contributed by atoms with Gasteiger partial charge >= 0.3 is 5.97 Å². The minimum atomic E-state index is -4.04. The zero-order chi connectivity index (χ0) is 27.6. The van der Waals surface area contributed by atoms with Crippen LogP contribution in [0.1, 0.15) is 78.2 Å². The van der Waals surface area contributed by atoms with Gasteiger partial charge in [0.05, 0.1) is 17.1 Å². The highest BCUT2D eigenvalue weighted by molar-refractivity contribution is 7.86. The molecule has 0 bridgehead atoms. The average Bonchev–Trinajstić information content (AvgIpc) is 3.13. The van der Waals surface area contributed by atoms with Crippen molar-refractivity contribution in [2.24, 2.45) is 40.4 Å². The number of Topliss-reactive ketones (excluding diaryl/α,β-unsaturated/α-hetero) is 1. The number of ketones is 1. The van der Waals surface area contributed by atoms with Crippen molar-refractivity contribution >= 4 is 21.9 Å². The van der Waals surface area contributed by atoms with Crippen molar-refractivity contribution in [1.82, 2.24) is 0 Å². The first-order valence-electron chi connectivity index (χ1n) is 14.1. The number of hydrogen-bond donors (Lipinski definition) is 1. The Kier molecular flexibility index (Phi) is 7.09. The third-order valence-electron chi connectivity index (χ3n) is 11.1. The first-order chi connectivity index (χ1) is 17.8. The first-order valence-corrected chi connectivity index (χ1v) is 15.5. The summed E-state index contributed by atoms with van der Waals surface area (Å²) in [6.07, 6.45) is 3.82. The minimum absolute atomic E-state index is 0.0179. The summed E-state index contributed by atoms with van der Waals surface area (Å²) in [6.45, 7) is 9.20. The monoisotopic (exact) mass is 546 g/mol. The van der Waals surface area contributed by atoms with Gasteiger partial charge in [0.1, 0.15) is 11.9 Å². The van der Waals surface area contributed by atoms with Crippen LogP contribution < -0.4 is 0 Å². The predicted molar refractivity (Wildman–Crippen MR) is 141 cm³/mol. The SMILES string of the molecule is CC(=O)O[C@H]1CC[C@@]2(C)[C@H](CC[C@H]3[C@@H]4[C@@H](OS(=O)(=O)c5ccc(C)cc5)C[C@H](C(C)=O)[C@@]4(C)[C@H](O)C[C@@H]32)C1. The smallest absolute Gasteiger partial charge is 0.302 e. The van der Waals surface area contributed by atoms with Crippen LogP contribution in [0.2, 0.25) is 0 Å². The zero-order valence-electron chi connectivity index (χ0n) is 23.2. The van der Waals surface area contributed by atoms with Crippen LogP contribution in [0, 0.1) is 47.3 Å². The summed E-state index contributed by atoms with van der Waals surface area (Å²) in [5.74, 6) is -0.243. The summed E-state index contributed by atoms with van der Waals surface area (Å²) >= 11 is 0.